The average Bonchev–Trinajstić information content (AvgIpc) is 3.59. The highest BCUT2D eigenvalue weighted by Crippen LogP contribution is 2.36. The van der Waals surface area contributed by atoms with E-state index in [-0.39, 0.29) is 28.6 Å². The lowest BCUT2D eigenvalue weighted by Gasteiger charge is -2.37. The fraction of sp³-hybridized carbons (Fsp3) is 0.214. The van der Waals surface area contributed by atoms with E-state index in [2.05, 4.69) is 31.6 Å². The van der Waals surface area contributed by atoms with Gasteiger partial charge in [-0.25, -0.2) is 11.4 Å². The van der Waals surface area contributed by atoms with Crippen LogP contribution < -0.4 is 0 Å². The van der Waals surface area contributed by atoms with Crippen LogP contribution in [0.25, 0.3) is 25.7 Å². The Kier molecular flexibility index (Phi) is 13.7. The largest absolute Gasteiger partial charge is 0.528 e. The van der Waals surface area contributed by atoms with Crippen molar-refractivity contribution in [1.82, 2.24) is 9.80 Å². The van der Waals surface area contributed by atoms with Crippen LogP contribution in [-0.2, 0) is 4.74 Å². The van der Waals surface area contributed by atoms with Crippen LogP contribution in [-0.4, -0.2) is 54.7 Å². The first-order valence-electron chi connectivity index (χ1n) is 16.5. The molecule has 1 fully saturated rings. The van der Waals surface area contributed by atoms with Gasteiger partial charge in [0.15, 0.2) is 6.07 Å². The van der Waals surface area contributed by atoms with Crippen molar-refractivity contribution in [2.24, 2.45) is 0 Å². The van der Waals surface area contributed by atoms with E-state index >= 15 is 0 Å². The first-order chi connectivity index (χ1) is 25.4. The molecule has 10 nitrogen and oxygen atoms in total. The number of hydrogen-bond donors (Lipinski definition) is 0. The van der Waals surface area contributed by atoms with E-state index in [0.29, 0.717) is 62.3 Å². The van der Waals surface area contributed by atoms with E-state index < -0.39 is 6.04 Å². The molecule has 1 heterocycles. The molecule has 52 heavy (non-hydrogen) atoms. The van der Waals surface area contributed by atoms with Crippen molar-refractivity contribution in [2.75, 3.05) is 32.8 Å². The Morgan fingerprint density at radius 3 is 2.12 bits per heavy atom. The Hall–Kier alpha value is -7.37. The van der Waals surface area contributed by atoms with Crippen LogP contribution >= 0.6 is 0 Å². The Labute approximate surface area is 304 Å². The number of rotatable bonds is 10. The highest BCUT2D eigenvalue weighted by Gasteiger charge is 2.29. The summed E-state index contributed by atoms with van der Waals surface area (Å²) >= 11 is 0. The van der Waals surface area contributed by atoms with Gasteiger partial charge in [0.25, 0.3) is 0 Å². The van der Waals surface area contributed by atoms with Gasteiger partial charge < -0.3 is 14.5 Å². The van der Waals surface area contributed by atoms with Crippen molar-refractivity contribution >= 4 is 17.2 Å². The summed E-state index contributed by atoms with van der Waals surface area (Å²) in [5.41, 5.74) is 5.21. The van der Waals surface area contributed by atoms with E-state index in [1.165, 1.54) is 0 Å². The second-order valence-corrected chi connectivity index (χ2v) is 11.4. The minimum Gasteiger partial charge on any atom is -0.450 e. The van der Waals surface area contributed by atoms with Gasteiger partial charge in [-0.3, -0.25) is 4.85 Å². The fourth-order valence-electron chi connectivity index (χ4n) is 6.04. The molecule has 1 saturated heterocycles. The maximum atomic E-state index is 12.4. The van der Waals surface area contributed by atoms with Crippen LogP contribution in [0.15, 0.2) is 131 Å². The number of benzene rings is 2. The molecular weight excluding hydrogens is 649 g/mol. The number of carbonyl (C=O) groups excluding carboxylic acids is 1. The van der Waals surface area contributed by atoms with Crippen molar-refractivity contribution in [3.63, 3.8) is 0 Å². The van der Waals surface area contributed by atoms with Gasteiger partial charge in [-0.2, -0.15) is 25.5 Å². The number of nitriles is 3. The smallest absolute Gasteiger partial charge is 0.450 e. The molecule has 0 bridgehead atoms. The number of amides is 1. The van der Waals surface area contributed by atoms with E-state index in [4.69, 9.17) is 24.5 Å². The lowest BCUT2D eigenvalue weighted by atomic mass is 9.94. The van der Waals surface area contributed by atoms with E-state index in [9.17, 15) is 20.6 Å². The molecule has 1 amide bonds. The maximum Gasteiger partial charge on any atom is 0.528 e. The normalized spacial score (nSPS) is 16.2. The number of nitrogens with zero attached hydrogens (tertiary/aromatic N) is 8. The Balaban J connectivity index is 1.76. The molecule has 1 atom stereocenters. The Bertz CT molecular complexity index is 2110. The van der Waals surface area contributed by atoms with E-state index in [1.54, 1.807) is 84.7 Å². The molecule has 0 saturated carbocycles. The van der Waals surface area contributed by atoms with Crippen molar-refractivity contribution in [1.29, 1.82) is 15.8 Å². The zero-order valence-corrected chi connectivity index (χ0v) is 28.7. The topological polar surface area (TPSA) is 117 Å². The predicted octanol–water partition coefficient (Wildman–Crippen LogP) is 8.29. The van der Waals surface area contributed by atoms with Gasteiger partial charge in [-0.1, -0.05) is 85.0 Å². The first-order valence-corrected chi connectivity index (χ1v) is 16.5. The zero-order chi connectivity index (χ0) is 37.3. The fourth-order valence-corrected chi connectivity index (χ4v) is 6.04. The number of ether oxygens (including phenoxy) is 1. The van der Waals surface area contributed by atoms with Crippen molar-refractivity contribution in [3.05, 3.63) is 176 Å². The molecule has 1 aliphatic heterocycles. The summed E-state index contributed by atoms with van der Waals surface area (Å²) in [6.45, 7) is 26.8. The second-order valence-electron chi connectivity index (χ2n) is 11.4. The van der Waals surface area contributed by atoms with Gasteiger partial charge in [0.2, 0.25) is 0 Å². The van der Waals surface area contributed by atoms with Gasteiger partial charge in [-0.15, -0.1) is 0 Å². The SMILES string of the molecule is [C-]#[N+]C([N+]#[C-])=C(/C(C#N)=C/C=C/C1=C(N2CCN(C(=O)OCC)CC2)C(=C/C=C/C(C#N)=C(/c2ccccc2)C(C#N)[N+]#[C-])/CC1)c1ccccc1. The van der Waals surface area contributed by atoms with Gasteiger partial charge in [0.1, 0.15) is 13.1 Å². The molecule has 2 aromatic rings. The van der Waals surface area contributed by atoms with E-state index in [1.807, 2.05) is 30.4 Å². The van der Waals surface area contributed by atoms with Gasteiger partial charge in [0, 0.05) is 31.9 Å². The molecule has 0 aromatic heterocycles. The molecule has 254 valence electrons. The van der Waals surface area contributed by atoms with Gasteiger partial charge >= 0.3 is 18.0 Å². The summed E-state index contributed by atoms with van der Waals surface area (Å²) in [5, 5.41) is 29.9. The molecule has 10 heteroatoms. The van der Waals surface area contributed by atoms with Crippen LogP contribution in [0.2, 0.25) is 0 Å². The molecule has 2 aliphatic rings. The molecule has 0 N–H and O–H groups in total. The Morgan fingerprint density at radius 2 is 1.56 bits per heavy atom. The van der Waals surface area contributed by atoms with Crippen molar-refractivity contribution in [2.45, 2.75) is 25.8 Å². The maximum absolute atomic E-state index is 12.4. The van der Waals surface area contributed by atoms with E-state index in [0.717, 1.165) is 16.8 Å². The van der Waals surface area contributed by atoms with Gasteiger partial charge in [0.05, 0.1) is 41.0 Å². The van der Waals surface area contributed by atoms with Gasteiger partial charge in [-0.05, 0) is 54.2 Å². The summed E-state index contributed by atoms with van der Waals surface area (Å²) in [5.74, 6) is -0.191. The molecule has 4 rings (SSSR count). The van der Waals surface area contributed by atoms with Crippen LogP contribution in [0.1, 0.15) is 30.9 Å². The van der Waals surface area contributed by atoms with Crippen molar-refractivity contribution < 1.29 is 9.53 Å². The zero-order valence-electron chi connectivity index (χ0n) is 28.7. The summed E-state index contributed by atoms with van der Waals surface area (Å²) in [6.07, 6.45) is 11.6. The van der Waals surface area contributed by atoms with Crippen LogP contribution in [0, 0.1) is 53.7 Å². The lowest BCUT2D eigenvalue weighted by Crippen LogP contribution is -2.48. The number of carbonyl (C=O) groups is 1. The summed E-state index contributed by atoms with van der Waals surface area (Å²) in [6, 6.07) is 23.1. The van der Waals surface area contributed by atoms with Crippen LogP contribution in [0.4, 0.5) is 4.79 Å². The highest BCUT2D eigenvalue weighted by atomic mass is 16.6. The highest BCUT2D eigenvalue weighted by molar-refractivity contribution is 5.87. The summed E-state index contributed by atoms with van der Waals surface area (Å²) < 4.78 is 5.21. The van der Waals surface area contributed by atoms with Crippen LogP contribution in [0.3, 0.4) is 0 Å². The number of piperazine rings is 1. The minimum atomic E-state index is -1.15. The first kappa shape index (κ1) is 37.4. The van der Waals surface area contributed by atoms with Crippen LogP contribution in [0.5, 0.6) is 0 Å². The predicted molar refractivity (Wildman–Crippen MR) is 198 cm³/mol. The third kappa shape index (κ3) is 8.99. The molecule has 2 aromatic carbocycles. The molecule has 1 aliphatic carbocycles. The molecular formula is C42H34N8O2. The third-order valence-corrected chi connectivity index (χ3v) is 8.42. The minimum absolute atomic E-state index is 0.187. The quantitative estimate of drug-likeness (QED) is 0.141. The number of hydrogen-bond acceptors (Lipinski definition) is 6. The monoisotopic (exact) mass is 682 g/mol. The lowest BCUT2D eigenvalue weighted by molar-refractivity contribution is 0.0873. The Morgan fingerprint density at radius 1 is 0.904 bits per heavy atom. The molecule has 0 radical (unpaired) electrons. The average molecular weight is 683 g/mol. The second kappa shape index (κ2) is 19.0. The summed E-state index contributed by atoms with van der Waals surface area (Å²) in [7, 11) is 0. The molecule has 0 spiro atoms. The third-order valence-electron chi connectivity index (χ3n) is 8.42. The van der Waals surface area contributed by atoms with Crippen molar-refractivity contribution in [3.8, 4) is 18.2 Å². The summed E-state index contributed by atoms with van der Waals surface area (Å²) in [4.78, 5) is 26.5. The standard InChI is InChI=1S/C42H34N8O2/c1-5-52-42(51)50-26-24-49(25-27-50)40-33(18-12-20-35(28-43)38(37(30-45)46-2)31-14-8-6-9-15-31)22-23-34(40)19-13-21-36(29-44)39(41(47-3)48-4)32-16-10-7-11-17-32/h6-21,37H,5,22-27H2,1H3/b19-13+,20-12+,33-18+,36-21+,38-35+. The number of allylic oxidation sites excluding steroid dienone is 11. The molecule has 1 unspecified atom stereocenters.